The maximum absolute atomic E-state index is 13.7. The number of nitrogens with zero attached hydrogens (tertiary/aromatic N) is 2. The molecule has 2 aromatic rings. The van der Waals surface area contributed by atoms with Gasteiger partial charge in [-0.3, -0.25) is 4.79 Å². The van der Waals surface area contributed by atoms with Crippen molar-refractivity contribution in [1.82, 2.24) is 9.21 Å². The van der Waals surface area contributed by atoms with Crippen molar-refractivity contribution in [2.24, 2.45) is 0 Å². The third-order valence-electron chi connectivity index (χ3n) is 6.28. The number of amides is 1. The number of aryl methyl sites for hydroxylation is 3. The topological polar surface area (TPSA) is 76.2 Å². The highest BCUT2D eigenvalue weighted by molar-refractivity contribution is 7.89. The number of ether oxygens (including phenoxy) is 2. The second kappa shape index (κ2) is 8.84. The zero-order valence-corrected chi connectivity index (χ0v) is 19.7. The molecule has 172 valence electrons. The Balaban J connectivity index is 1.46. The largest absolute Gasteiger partial charge is 0.484 e. The van der Waals surface area contributed by atoms with Crippen LogP contribution in [0, 0.1) is 20.8 Å². The Labute approximate surface area is 190 Å². The lowest BCUT2D eigenvalue weighted by Crippen LogP contribution is -2.56. The van der Waals surface area contributed by atoms with Gasteiger partial charge in [0.1, 0.15) is 11.5 Å². The first kappa shape index (κ1) is 22.8. The van der Waals surface area contributed by atoms with Crippen molar-refractivity contribution in [3.8, 4) is 5.75 Å². The zero-order valence-electron chi connectivity index (χ0n) is 18.8. The molecule has 0 saturated carbocycles. The summed E-state index contributed by atoms with van der Waals surface area (Å²) in [4.78, 5) is 14.7. The van der Waals surface area contributed by atoms with Gasteiger partial charge in [-0.05, 0) is 44.0 Å². The molecule has 1 spiro atoms. The molecule has 0 aliphatic carbocycles. The van der Waals surface area contributed by atoms with Gasteiger partial charge in [-0.2, -0.15) is 4.31 Å². The van der Waals surface area contributed by atoms with Gasteiger partial charge in [-0.25, -0.2) is 8.42 Å². The molecular weight excluding hydrogens is 428 g/mol. The van der Waals surface area contributed by atoms with Gasteiger partial charge < -0.3 is 14.4 Å². The molecule has 1 amide bonds. The van der Waals surface area contributed by atoms with Gasteiger partial charge in [0, 0.05) is 32.5 Å². The van der Waals surface area contributed by atoms with Crippen LogP contribution in [0.2, 0.25) is 0 Å². The second-order valence-corrected chi connectivity index (χ2v) is 10.4. The molecule has 2 aliphatic heterocycles. The number of rotatable bonds is 5. The number of carbonyl (C=O) groups is 1. The van der Waals surface area contributed by atoms with E-state index in [4.69, 9.17) is 9.47 Å². The second-order valence-electron chi connectivity index (χ2n) is 8.58. The summed E-state index contributed by atoms with van der Waals surface area (Å²) in [5, 5.41) is 0. The quantitative estimate of drug-likeness (QED) is 0.689. The van der Waals surface area contributed by atoms with E-state index >= 15 is 0 Å². The van der Waals surface area contributed by atoms with E-state index in [9.17, 15) is 13.2 Å². The van der Waals surface area contributed by atoms with Crippen molar-refractivity contribution in [2.45, 2.75) is 44.2 Å². The van der Waals surface area contributed by atoms with Crippen LogP contribution in [-0.2, 0) is 19.6 Å². The van der Waals surface area contributed by atoms with Crippen LogP contribution >= 0.6 is 0 Å². The van der Waals surface area contributed by atoms with Crippen LogP contribution in [0.25, 0.3) is 0 Å². The highest BCUT2D eigenvalue weighted by Crippen LogP contribution is 2.39. The number of carbonyl (C=O) groups excluding carboxylic acids is 1. The highest BCUT2D eigenvalue weighted by atomic mass is 32.2. The molecular formula is C24H30N2O5S. The summed E-state index contributed by atoms with van der Waals surface area (Å²) in [6.45, 7) is 7.12. The maximum Gasteiger partial charge on any atom is 0.260 e. The molecule has 32 heavy (non-hydrogen) atoms. The number of likely N-dealkylation sites (tertiary alicyclic amines) is 1. The number of hydrogen-bond donors (Lipinski definition) is 0. The lowest BCUT2D eigenvalue weighted by molar-refractivity contribution is -0.142. The Hall–Kier alpha value is -2.42. The fourth-order valence-corrected chi connectivity index (χ4v) is 7.01. The van der Waals surface area contributed by atoms with Gasteiger partial charge in [-0.15, -0.1) is 0 Å². The molecule has 4 rings (SSSR count). The van der Waals surface area contributed by atoms with E-state index in [2.05, 4.69) is 0 Å². The van der Waals surface area contributed by atoms with Crippen molar-refractivity contribution in [1.29, 1.82) is 0 Å². The average Bonchev–Trinajstić information content (AvgIpc) is 3.16. The number of piperidine rings is 1. The summed E-state index contributed by atoms with van der Waals surface area (Å²) in [5.41, 5.74) is 1.63. The maximum atomic E-state index is 13.7. The first-order valence-electron chi connectivity index (χ1n) is 10.9. The predicted molar refractivity (Wildman–Crippen MR) is 121 cm³/mol. The fraction of sp³-hybridized carbons (Fsp3) is 0.458. The first-order valence-corrected chi connectivity index (χ1v) is 12.4. The Morgan fingerprint density at radius 3 is 2.28 bits per heavy atom. The Morgan fingerprint density at radius 1 is 1.03 bits per heavy atom. The molecule has 2 fully saturated rings. The van der Waals surface area contributed by atoms with Crippen molar-refractivity contribution < 1.29 is 22.7 Å². The Kier molecular flexibility index (Phi) is 6.29. The van der Waals surface area contributed by atoms with E-state index in [-0.39, 0.29) is 12.5 Å². The Bertz CT molecular complexity index is 1070. The lowest BCUT2D eigenvalue weighted by atomic mass is 10.0. The number of benzene rings is 2. The van der Waals surface area contributed by atoms with Gasteiger partial charge in [-0.1, -0.05) is 35.9 Å². The number of hydrogen-bond acceptors (Lipinski definition) is 5. The molecule has 0 bridgehead atoms. The van der Waals surface area contributed by atoms with Crippen LogP contribution in [0.15, 0.2) is 47.4 Å². The molecule has 2 aliphatic rings. The fourth-order valence-electron chi connectivity index (χ4n) is 4.87. The van der Waals surface area contributed by atoms with Crippen molar-refractivity contribution in [3.05, 3.63) is 59.2 Å². The third kappa shape index (κ3) is 4.27. The molecule has 2 aromatic carbocycles. The van der Waals surface area contributed by atoms with E-state index in [0.717, 1.165) is 16.7 Å². The molecule has 0 aromatic heterocycles. The highest BCUT2D eigenvalue weighted by Gasteiger charge is 2.51. The molecule has 7 nitrogen and oxygen atoms in total. The minimum absolute atomic E-state index is 0.0400. The average molecular weight is 459 g/mol. The predicted octanol–water partition coefficient (Wildman–Crippen LogP) is 3.03. The van der Waals surface area contributed by atoms with E-state index in [1.54, 1.807) is 4.90 Å². The molecule has 0 atom stereocenters. The minimum Gasteiger partial charge on any atom is -0.484 e. The number of para-hydroxylation sites is 1. The molecule has 0 unspecified atom stereocenters. The minimum atomic E-state index is -3.73. The smallest absolute Gasteiger partial charge is 0.260 e. The zero-order chi connectivity index (χ0) is 22.9. The van der Waals surface area contributed by atoms with Gasteiger partial charge in [0.25, 0.3) is 5.91 Å². The van der Waals surface area contributed by atoms with E-state index in [0.29, 0.717) is 49.7 Å². The van der Waals surface area contributed by atoms with Crippen LogP contribution in [0.5, 0.6) is 5.75 Å². The van der Waals surface area contributed by atoms with Crippen LogP contribution in [-0.4, -0.2) is 62.1 Å². The molecule has 8 heteroatoms. The van der Waals surface area contributed by atoms with Gasteiger partial charge >= 0.3 is 0 Å². The summed E-state index contributed by atoms with van der Waals surface area (Å²) < 4.78 is 40.5. The summed E-state index contributed by atoms with van der Waals surface area (Å²) in [5.74, 6) is 0.538. The van der Waals surface area contributed by atoms with Crippen molar-refractivity contribution in [2.75, 3.05) is 32.8 Å². The Morgan fingerprint density at radius 2 is 1.66 bits per heavy atom. The van der Waals surface area contributed by atoms with E-state index in [1.165, 1.54) is 4.31 Å². The van der Waals surface area contributed by atoms with Gasteiger partial charge in [0.15, 0.2) is 6.61 Å². The van der Waals surface area contributed by atoms with Gasteiger partial charge in [0.2, 0.25) is 10.0 Å². The molecule has 2 saturated heterocycles. The summed E-state index contributed by atoms with van der Waals surface area (Å²) in [6.07, 6.45) is 0.876. The first-order chi connectivity index (χ1) is 15.2. The van der Waals surface area contributed by atoms with Crippen LogP contribution in [0.3, 0.4) is 0 Å². The summed E-state index contributed by atoms with van der Waals surface area (Å²) in [6, 6.07) is 13.0. The summed E-state index contributed by atoms with van der Waals surface area (Å²) >= 11 is 0. The third-order valence-corrected chi connectivity index (χ3v) is 8.53. The number of sulfonamides is 1. The van der Waals surface area contributed by atoms with Crippen LogP contribution in [0.4, 0.5) is 0 Å². The molecule has 0 radical (unpaired) electrons. The van der Waals surface area contributed by atoms with Crippen LogP contribution in [0.1, 0.15) is 29.5 Å². The monoisotopic (exact) mass is 458 g/mol. The van der Waals surface area contributed by atoms with E-state index in [1.807, 2.05) is 63.2 Å². The van der Waals surface area contributed by atoms with Crippen molar-refractivity contribution in [3.63, 3.8) is 0 Å². The molecule has 2 heterocycles. The SMILES string of the molecule is Cc1cc(C)c(S(=O)(=O)N2CCOC23CCN(C(=O)COc2ccccc2)CC3)c(C)c1. The van der Waals surface area contributed by atoms with E-state index < -0.39 is 15.7 Å². The standard InChI is InChI=1S/C24H30N2O5S/c1-18-15-19(2)23(20(3)16-18)32(28,29)26-13-14-31-24(26)9-11-25(12-10-24)22(27)17-30-21-7-5-4-6-8-21/h4-8,15-16H,9-14,17H2,1-3H3. The molecule has 0 N–H and O–H groups in total. The lowest BCUT2D eigenvalue weighted by Gasteiger charge is -2.43. The van der Waals surface area contributed by atoms with Crippen LogP contribution < -0.4 is 4.74 Å². The summed E-state index contributed by atoms with van der Waals surface area (Å²) in [7, 11) is -3.73. The van der Waals surface area contributed by atoms with Gasteiger partial charge in [0.05, 0.1) is 11.5 Å². The van der Waals surface area contributed by atoms with Crippen molar-refractivity contribution >= 4 is 15.9 Å². The normalized spacial score (nSPS) is 18.8.